The highest BCUT2D eigenvalue weighted by atomic mass is 16.6. The second-order valence-electron chi connectivity index (χ2n) is 5.90. The first kappa shape index (κ1) is 17.0. The predicted molar refractivity (Wildman–Crippen MR) is 92.0 cm³/mol. The van der Waals surface area contributed by atoms with E-state index >= 15 is 0 Å². The quantitative estimate of drug-likeness (QED) is 0.494. The molecule has 0 aromatic heterocycles. The molecule has 0 bridgehead atoms. The summed E-state index contributed by atoms with van der Waals surface area (Å²) in [7, 11) is 1.67. The molecule has 0 saturated carbocycles. The van der Waals surface area contributed by atoms with Crippen molar-refractivity contribution in [3.8, 4) is 5.75 Å². The van der Waals surface area contributed by atoms with Crippen molar-refractivity contribution in [1.29, 1.82) is 0 Å². The number of ether oxygens (including phenoxy) is 4. The lowest BCUT2D eigenvalue weighted by Crippen LogP contribution is -2.07. The van der Waals surface area contributed by atoms with E-state index in [1.807, 2.05) is 42.5 Å². The molecular weight excluding hydrogens is 304 g/mol. The van der Waals surface area contributed by atoms with Crippen LogP contribution in [0.25, 0.3) is 0 Å². The van der Waals surface area contributed by atoms with Crippen LogP contribution in [-0.4, -0.2) is 32.5 Å². The fourth-order valence-corrected chi connectivity index (χ4v) is 2.56. The molecule has 1 fully saturated rings. The Labute approximate surface area is 143 Å². The molecule has 4 heteroatoms. The number of methoxy groups -OCH3 is 1. The number of hydrogen-bond acceptors (Lipinski definition) is 4. The van der Waals surface area contributed by atoms with Crippen LogP contribution in [0.5, 0.6) is 5.75 Å². The molecule has 0 amide bonds. The minimum atomic E-state index is 0.212. The van der Waals surface area contributed by atoms with Gasteiger partial charge in [0, 0.05) is 6.61 Å². The van der Waals surface area contributed by atoms with E-state index in [-0.39, 0.29) is 12.2 Å². The number of epoxide rings is 1. The first-order valence-corrected chi connectivity index (χ1v) is 8.33. The topological polar surface area (TPSA) is 40.2 Å². The van der Waals surface area contributed by atoms with E-state index in [4.69, 9.17) is 18.9 Å². The minimum absolute atomic E-state index is 0.212. The number of rotatable bonds is 10. The Morgan fingerprint density at radius 2 is 1.54 bits per heavy atom. The molecule has 2 atom stereocenters. The van der Waals surface area contributed by atoms with Crippen LogP contribution in [0.2, 0.25) is 0 Å². The third-order valence-corrected chi connectivity index (χ3v) is 4.06. The van der Waals surface area contributed by atoms with Crippen LogP contribution in [0.1, 0.15) is 17.5 Å². The molecule has 2 aromatic carbocycles. The highest BCUT2D eigenvalue weighted by Crippen LogP contribution is 2.26. The molecule has 0 N–H and O–H groups in total. The lowest BCUT2D eigenvalue weighted by Gasteiger charge is -2.04. The maximum absolute atomic E-state index is 5.72. The van der Waals surface area contributed by atoms with Gasteiger partial charge in [0.05, 0.1) is 33.0 Å². The monoisotopic (exact) mass is 328 g/mol. The Morgan fingerprint density at radius 1 is 0.833 bits per heavy atom. The predicted octanol–water partition coefficient (Wildman–Crippen LogP) is 3.59. The van der Waals surface area contributed by atoms with E-state index in [0.29, 0.717) is 26.4 Å². The summed E-state index contributed by atoms with van der Waals surface area (Å²) < 4.78 is 22.2. The number of benzene rings is 2. The average molecular weight is 328 g/mol. The molecule has 24 heavy (non-hydrogen) atoms. The normalized spacial score (nSPS) is 19.2. The Kier molecular flexibility index (Phi) is 6.24. The zero-order valence-electron chi connectivity index (χ0n) is 14.0. The van der Waals surface area contributed by atoms with Gasteiger partial charge in [-0.3, -0.25) is 0 Å². The van der Waals surface area contributed by atoms with Crippen molar-refractivity contribution >= 4 is 0 Å². The van der Waals surface area contributed by atoms with Gasteiger partial charge in [0.1, 0.15) is 11.9 Å². The largest absolute Gasteiger partial charge is 0.497 e. The van der Waals surface area contributed by atoms with Gasteiger partial charge in [-0.1, -0.05) is 42.5 Å². The highest BCUT2D eigenvalue weighted by Gasteiger charge is 2.38. The standard InChI is InChI=1S/C20H24O4/c1-21-18-9-7-17(8-10-18)14-23-15-20-19(24-20)11-12-22-13-16-5-3-2-4-6-16/h2-10,19-20H,11-15H2,1H3/t19-,20+/m0/s1. The fraction of sp³-hybridized carbons (Fsp3) is 0.400. The van der Waals surface area contributed by atoms with Crippen LogP contribution >= 0.6 is 0 Å². The molecule has 2 aromatic rings. The molecule has 0 spiro atoms. The van der Waals surface area contributed by atoms with Crippen molar-refractivity contribution in [3.63, 3.8) is 0 Å². The molecule has 1 aliphatic heterocycles. The summed E-state index contributed by atoms with van der Waals surface area (Å²) >= 11 is 0. The van der Waals surface area contributed by atoms with Crippen LogP contribution in [-0.2, 0) is 27.4 Å². The molecule has 128 valence electrons. The molecule has 1 heterocycles. The van der Waals surface area contributed by atoms with Crippen molar-refractivity contribution < 1.29 is 18.9 Å². The van der Waals surface area contributed by atoms with E-state index < -0.39 is 0 Å². The Hall–Kier alpha value is -1.88. The third-order valence-electron chi connectivity index (χ3n) is 4.06. The van der Waals surface area contributed by atoms with Crippen molar-refractivity contribution in [1.82, 2.24) is 0 Å². The molecule has 3 rings (SSSR count). The van der Waals surface area contributed by atoms with Gasteiger partial charge < -0.3 is 18.9 Å². The Bertz CT molecular complexity index is 597. The summed E-state index contributed by atoms with van der Waals surface area (Å²) in [4.78, 5) is 0. The van der Waals surface area contributed by atoms with E-state index in [1.165, 1.54) is 5.56 Å². The highest BCUT2D eigenvalue weighted by molar-refractivity contribution is 5.26. The number of hydrogen-bond donors (Lipinski definition) is 0. The molecular formula is C20H24O4. The van der Waals surface area contributed by atoms with Gasteiger partial charge in [-0.25, -0.2) is 0 Å². The maximum Gasteiger partial charge on any atom is 0.118 e. The first-order chi connectivity index (χ1) is 11.8. The Morgan fingerprint density at radius 3 is 2.29 bits per heavy atom. The second-order valence-corrected chi connectivity index (χ2v) is 5.90. The fourth-order valence-electron chi connectivity index (χ4n) is 2.56. The average Bonchev–Trinajstić information content (AvgIpc) is 3.38. The van der Waals surface area contributed by atoms with E-state index in [0.717, 1.165) is 17.7 Å². The van der Waals surface area contributed by atoms with Gasteiger partial charge in [0.2, 0.25) is 0 Å². The van der Waals surface area contributed by atoms with Crippen molar-refractivity contribution in [2.45, 2.75) is 31.8 Å². The maximum atomic E-state index is 5.72. The molecule has 0 radical (unpaired) electrons. The second kappa shape index (κ2) is 8.83. The smallest absolute Gasteiger partial charge is 0.118 e. The summed E-state index contributed by atoms with van der Waals surface area (Å²) in [6.07, 6.45) is 1.41. The van der Waals surface area contributed by atoms with Crippen molar-refractivity contribution in [2.75, 3.05) is 20.3 Å². The minimum Gasteiger partial charge on any atom is -0.497 e. The third kappa shape index (κ3) is 5.34. The lowest BCUT2D eigenvalue weighted by molar-refractivity contribution is 0.104. The SMILES string of the molecule is COc1ccc(COC[C@H]2O[C@H]2CCOCc2ccccc2)cc1. The first-order valence-electron chi connectivity index (χ1n) is 8.33. The zero-order valence-corrected chi connectivity index (χ0v) is 14.0. The van der Waals surface area contributed by atoms with E-state index in [9.17, 15) is 0 Å². The van der Waals surface area contributed by atoms with Gasteiger partial charge >= 0.3 is 0 Å². The van der Waals surface area contributed by atoms with Crippen LogP contribution in [0.3, 0.4) is 0 Å². The molecule has 1 aliphatic rings. The molecule has 4 nitrogen and oxygen atoms in total. The molecule has 0 aliphatic carbocycles. The van der Waals surface area contributed by atoms with Gasteiger partial charge in [0.15, 0.2) is 0 Å². The lowest BCUT2D eigenvalue weighted by atomic mass is 10.2. The van der Waals surface area contributed by atoms with Crippen LogP contribution < -0.4 is 4.74 Å². The van der Waals surface area contributed by atoms with Crippen molar-refractivity contribution in [2.24, 2.45) is 0 Å². The van der Waals surface area contributed by atoms with Gasteiger partial charge in [-0.15, -0.1) is 0 Å². The summed E-state index contributed by atoms with van der Waals surface area (Å²) in [5.74, 6) is 0.861. The zero-order chi connectivity index (χ0) is 16.6. The van der Waals surface area contributed by atoms with Crippen LogP contribution in [0.15, 0.2) is 54.6 Å². The van der Waals surface area contributed by atoms with E-state index in [1.54, 1.807) is 7.11 Å². The van der Waals surface area contributed by atoms with Crippen LogP contribution in [0, 0.1) is 0 Å². The van der Waals surface area contributed by atoms with E-state index in [2.05, 4.69) is 12.1 Å². The van der Waals surface area contributed by atoms with Crippen molar-refractivity contribution in [3.05, 3.63) is 65.7 Å². The van der Waals surface area contributed by atoms with Gasteiger partial charge in [-0.2, -0.15) is 0 Å². The summed E-state index contributed by atoms with van der Waals surface area (Å²) in [5.41, 5.74) is 2.34. The Balaban J connectivity index is 1.24. The van der Waals surface area contributed by atoms with Gasteiger partial charge in [0.25, 0.3) is 0 Å². The van der Waals surface area contributed by atoms with Crippen LogP contribution in [0.4, 0.5) is 0 Å². The summed E-state index contributed by atoms with van der Waals surface area (Å²) in [6, 6.07) is 18.1. The van der Waals surface area contributed by atoms with Gasteiger partial charge in [-0.05, 0) is 29.7 Å². The summed E-state index contributed by atoms with van der Waals surface area (Å²) in [5, 5.41) is 0. The summed E-state index contributed by atoms with van der Waals surface area (Å²) in [6.45, 7) is 2.61. The molecule has 0 unspecified atom stereocenters. The molecule has 1 saturated heterocycles.